The van der Waals surface area contributed by atoms with Crippen molar-refractivity contribution in [3.63, 3.8) is 0 Å². The van der Waals surface area contributed by atoms with E-state index in [1.807, 2.05) is 6.07 Å². The summed E-state index contributed by atoms with van der Waals surface area (Å²) in [6.45, 7) is 0. The lowest BCUT2D eigenvalue weighted by Crippen LogP contribution is -2.23. The van der Waals surface area contributed by atoms with Crippen molar-refractivity contribution in [1.29, 1.82) is 0 Å². The Hall–Kier alpha value is -4.29. The zero-order valence-electron chi connectivity index (χ0n) is 23.2. The monoisotopic (exact) mass is 577 g/mol. The number of fused-ring (bicyclic) bond motifs is 1. The van der Waals surface area contributed by atoms with E-state index in [-0.39, 0.29) is 28.2 Å². The fraction of sp³-hybridized carbons (Fsp3) is 0.310. The Morgan fingerprint density at radius 2 is 1.78 bits per heavy atom. The van der Waals surface area contributed by atoms with Gasteiger partial charge in [-0.2, -0.15) is 4.98 Å². The zero-order chi connectivity index (χ0) is 29.3. The molecule has 0 unspecified atom stereocenters. The van der Waals surface area contributed by atoms with Crippen LogP contribution >= 0.6 is 0 Å². The number of carboxylic acids is 1. The minimum absolute atomic E-state index is 0.0372. The molecule has 0 radical (unpaired) electrons. The SMILES string of the molecule is COc1ncc(-c2ccc3cc(S(=O)(=O)N(C)C)c(Nc4ccc(C5CCCC5)c(C(=O)O)c4)nc3c2)c(OC)n1. The first-order valence-corrected chi connectivity index (χ1v) is 14.5. The molecule has 0 spiro atoms. The molecule has 2 N–H and O–H groups in total. The summed E-state index contributed by atoms with van der Waals surface area (Å²) in [4.78, 5) is 25.2. The van der Waals surface area contributed by atoms with Gasteiger partial charge in [-0.15, -0.1) is 0 Å². The number of aromatic nitrogens is 3. The molecule has 1 fully saturated rings. The number of ether oxygens (including phenoxy) is 2. The molecule has 11 nitrogen and oxygen atoms in total. The third kappa shape index (κ3) is 5.52. The van der Waals surface area contributed by atoms with Crippen LogP contribution in [0.2, 0.25) is 0 Å². The second-order valence-electron chi connectivity index (χ2n) is 10.0. The molecule has 41 heavy (non-hydrogen) atoms. The molecule has 5 rings (SSSR count). The average molecular weight is 578 g/mol. The number of nitrogens with zero attached hydrogens (tertiary/aromatic N) is 4. The van der Waals surface area contributed by atoms with Gasteiger partial charge in [0.05, 0.1) is 30.9 Å². The second kappa shape index (κ2) is 11.3. The lowest BCUT2D eigenvalue weighted by Gasteiger charge is -2.18. The summed E-state index contributed by atoms with van der Waals surface area (Å²) in [5, 5.41) is 13.6. The highest BCUT2D eigenvalue weighted by Gasteiger charge is 2.26. The Balaban J connectivity index is 1.63. The minimum atomic E-state index is -3.91. The third-order valence-corrected chi connectivity index (χ3v) is 9.13. The van der Waals surface area contributed by atoms with E-state index < -0.39 is 16.0 Å². The summed E-state index contributed by atoms with van der Waals surface area (Å²) < 4.78 is 38.3. The quantitative estimate of drug-likeness (QED) is 0.277. The number of rotatable bonds is 9. The first kappa shape index (κ1) is 28.2. The molecule has 12 heteroatoms. The van der Waals surface area contributed by atoms with Crippen LogP contribution in [0.5, 0.6) is 11.9 Å². The van der Waals surface area contributed by atoms with Gasteiger partial charge in [-0.3, -0.25) is 0 Å². The van der Waals surface area contributed by atoms with Crippen LogP contribution < -0.4 is 14.8 Å². The van der Waals surface area contributed by atoms with Crippen LogP contribution in [0.15, 0.2) is 53.6 Å². The van der Waals surface area contributed by atoms with Crippen LogP contribution in [0.3, 0.4) is 0 Å². The second-order valence-corrected chi connectivity index (χ2v) is 12.1. The lowest BCUT2D eigenvalue weighted by atomic mass is 9.92. The van der Waals surface area contributed by atoms with Crippen LogP contribution in [0, 0.1) is 0 Å². The largest absolute Gasteiger partial charge is 0.480 e. The maximum Gasteiger partial charge on any atom is 0.336 e. The van der Waals surface area contributed by atoms with E-state index in [1.54, 1.807) is 42.6 Å². The number of sulfonamides is 1. The van der Waals surface area contributed by atoms with Crippen molar-refractivity contribution in [2.75, 3.05) is 33.6 Å². The maximum atomic E-state index is 13.3. The van der Waals surface area contributed by atoms with E-state index >= 15 is 0 Å². The molecule has 214 valence electrons. The molecule has 0 atom stereocenters. The molecule has 0 bridgehead atoms. The number of carbonyl (C=O) groups is 1. The molecule has 1 aliphatic rings. The number of anilines is 2. The molecule has 2 heterocycles. The molecule has 2 aromatic carbocycles. The Morgan fingerprint density at radius 1 is 1.02 bits per heavy atom. The zero-order valence-corrected chi connectivity index (χ0v) is 24.0. The highest BCUT2D eigenvalue weighted by atomic mass is 32.2. The number of methoxy groups -OCH3 is 2. The van der Waals surface area contributed by atoms with Crippen molar-refractivity contribution in [3.05, 3.63) is 59.8 Å². The average Bonchev–Trinajstić information content (AvgIpc) is 3.51. The Bertz CT molecular complexity index is 1740. The van der Waals surface area contributed by atoms with Crippen LogP contribution in [0.4, 0.5) is 11.5 Å². The first-order valence-electron chi connectivity index (χ1n) is 13.1. The molecule has 0 saturated heterocycles. The van der Waals surface area contributed by atoms with Gasteiger partial charge in [0, 0.05) is 31.4 Å². The standard InChI is InChI=1S/C29H31N5O6S/c1-34(2)41(37,38)25-14-19-10-9-18(23-16-30-29(40-4)33-27(23)39-3)13-24(19)32-26(25)31-20-11-12-21(17-7-5-6-8-17)22(15-20)28(35)36/h9-17H,5-8H2,1-4H3,(H,31,32)(H,35,36). The molecule has 0 amide bonds. The summed E-state index contributed by atoms with van der Waals surface area (Å²) in [5.74, 6) is -0.435. The number of carboxylic acid groups (broad SMARTS) is 1. The van der Waals surface area contributed by atoms with E-state index in [9.17, 15) is 18.3 Å². The Labute approximate surface area is 238 Å². The summed E-state index contributed by atoms with van der Waals surface area (Å²) in [6, 6.07) is 12.2. The lowest BCUT2D eigenvalue weighted by molar-refractivity contribution is 0.0695. The van der Waals surface area contributed by atoms with Crippen molar-refractivity contribution in [1.82, 2.24) is 19.3 Å². The van der Waals surface area contributed by atoms with Gasteiger partial charge in [-0.25, -0.2) is 27.5 Å². The van der Waals surface area contributed by atoms with Crippen molar-refractivity contribution in [2.45, 2.75) is 36.5 Å². The molecule has 1 aliphatic carbocycles. The van der Waals surface area contributed by atoms with Gasteiger partial charge < -0.3 is 19.9 Å². The highest BCUT2D eigenvalue weighted by Crippen LogP contribution is 2.38. The number of pyridine rings is 1. The van der Waals surface area contributed by atoms with Crippen molar-refractivity contribution >= 4 is 38.4 Å². The topological polar surface area (TPSA) is 144 Å². The van der Waals surface area contributed by atoms with Crippen LogP contribution in [-0.2, 0) is 10.0 Å². The summed E-state index contributed by atoms with van der Waals surface area (Å²) in [6.07, 6.45) is 5.64. The van der Waals surface area contributed by atoms with Gasteiger partial charge in [-0.1, -0.05) is 31.0 Å². The van der Waals surface area contributed by atoms with Crippen LogP contribution in [0.1, 0.15) is 47.5 Å². The summed E-state index contributed by atoms with van der Waals surface area (Å²) in [7, 11) is 1.94. The Kier molecular flexibility index (Phi) is 7.78. The normalized spacial score (nSPS) is 14.0. The number of nitrogens with one attached hydrogen (secondary N) is 1. The van der Waals surface area contributed by atoms with E-state index in [4.69, 9.17) is 14.5 Å². The maximum absolute atomic E-state index is 13.3. The number of aromatic carboxylic acids is 1. The van der Waals surface area contributed by atoms with Crippen molar-refractivity contribution in [2.24, 2.45) is 0 Å². The number of hydrogen-bond donors (Lipinski definition) is 2. The van der Waals surface area contributed by atoms with E-state index in [0.717, 1.165) is 35.6 Å². The fourth-order valence-electron chi connectivity index (χ4n) is 5.15. The van der Waals surface area contributed by atoms with E-state index in [0.29, 0.717) is 33.6 Å². The Morgan fingerprint density at radius 3 is 2.44 bits per heavy atom. The number of benzene rings is 2. The van der Waals surface area contributed by atoms with Crippen LogP contribution in [-0.4, -0.2) is 67.1 Å². The predicted octanol–water partition coefficient (Wildman–Crippen LogP) is 5.06. The van der Waals surface area contributed by atoms with Gasteiger partial charge in [-0.05, 0) is 54.2 Å². The van der Waals surface area contributed by atoms with E-state index in [1.165, 1.54) is 28.3 Å². The molecule has 1 saturated carbocycles. The first-order chi connectivity index (χ1) is 19.6. The third-order valence-electron chi connectivity index (χ3n) is 7.30. The molecular weight excluding hydrogens is 546 g/mol. The minimum Gasteiger partial charge on any atom is -0.480 e. The predicted molar refractivity (Wildman–Crippen MR) is 155 cm³/mol. The summed E-state index contributed by atoms with van der Waals surface area (Å²) in [5.41, 5.74) is 3.23. The number of hydrogen-bond acceptors (Lipinski definition) is 9. The van der Waals surface area contributed by atoms with Crippen molar-refractivity contribution in [3.8, 4) is 23.0 Å². The van der Waals surface area contributed by atoms with Gasteiger partial charge in [0.25, 0.3) is 0 Å². The molecule has 2 aromatic heterocycles. The molecular formula is C29H31N5O6S. The van der Waals surface area contributed by atoms with E-state index in [2.05, 4.69) is 15.3 Å². The van der Waals surface area contributed by atoms with Crippen molar-refractivity contribution < 1.29 is 27.8 Å². The van der Waals surface area contributed by atoms with Gasteiger partial charge in [0.15, 0.2) is 5.82 Å². The van der Waals surface area contributed by atoms with Gasteiger partial charge in [0.2, 0.25) is 15.9 Å². The fourth-order valence-corrected chi connectivity index (χ4v) is 6.16. The highest BCUT2D eigenvalue weighted by molar-refractivity contribution is 7.89. The van der Waals surface area contributed by atoms with Crippen LogP contribution in [0.25, 0.3) is 22.0 Å². The van der Waals surface area contributed by atoms with Gasteiger partial charge >= 0.3 is 12.0 Å². The molecule has 0 aliphatic heterocycles. The summed E-state index contributed by atoms with van der Waals surface area (Å²) >= 11 is 0. The molecule has 4 aromatic rings. The van der Waals surface area contributed by atoms with Gasteiger partial charge in [0.1, 0.15) is 4.90 Å². The smallest absolute Gasteiger partial charge is 0.336 e.